The zero-order chi connectivity index (χ0) is 15.9. The minimum atomic E-state index is -0.527. The van der Waals surface area contributed by atoms with Crippen molar-refractivity contribution in [3.8, 4) is 11.8 Å². The van der Waals surface area contributed by atoms with Gasteiger partial charge in [-0.1, -0.05) is 17.7 Å². The number of hydrogen-bond acceptors (Lipinski definition) is 3. The third-order valence-corrected chi connectivity index (χ3v) is 4.10. The Kier molecular flexibility index (Phi) is 5.83. The quantitative estimate of drug-likeness (QED) is 0.758. The molecule has 1 amide bonds. The monoisotopic (exact) mass is 300 g/mol. The van der Waals surface area contributed by atoms with Crippen LogP contribution in [0.15, 0.2) is 18.2 Å². The molecule has 1 atom stereocenters. The van der Waals surface area contributed by atoms with E-state index in [0.717, 1.165) is 37.2 Å². The predicted octanol–water partition coefficient (Wildman–Crippen LogP) is 3.22. The average molecular weight is 300 g/mol. The largest absolute Gasteiger partial charge is 0.493 e. The summed E-state index contributed by atoms with van der Waals surface area (Å²) < 4.78 is 5.76. The standard InChI is InChI=1S/C18H24N2O2/c1-14-7-8-17(15(2)12-14)22-11-5-6-16(13-19)18(21)20-9-3-4-10-20/h7-8,12,16H,3-6,9-11H2,1-2H3. The lowest BCUT2D eigenvalue weighted by Gasteiger charge is -2.18. The highest BCUT2D eigenvalue weighted by Crippen LogP contribution is 2.20. The second kappa shape index (κ2) is 7.84. The first kappa shape index (κ1) is 16.4. The summed E-state index contributed by atoms with van der Waals surface area (Å²) in [5.41, 5.74) is 2.33. The van der Waals surface area contributed by atoms with E-state index in [4.69, 9.17) is 4.74 Å². The number of nitrogens with zero attached hydrogens (tertiary/aromatic N) is 2. The van der Waals surface area contributed by atoms with Crippen LogP contribution in [0.1, 0.15) is 36.8 Å². The molecule has 1 aliphatic rings. The van der Waals surface area contributed by atoms with Crippen molar-refractivity contribution < 1.29 is 9.53 Å². The molecule has 4 heteroatoms. The number of benzene rings is 1. The van der Waals surface area contributed by atoms with Gasteiger partial charge in [0, 0.05) is 13.1 Å². The molecule has 22 heavy (non-hydrogen) atoms. The van der Waals surface area contributed by atoms with Gasteiger partial charge >= 0.3 is 0 Å². The number of carbonyl (C=O) groups is 1. The first-order chi connectivity index (χ1) is 10.6. The molecule has 1 fully saturated rings. The Morgan fingerprint density at radius 1 is 1.36 bits per heavy atom. The van der Waals surface area contributed by atoms with Gasteiger partial charge in [0.05, 0.1) is 12.7 Å². The molecule has 0 aliphatic carbocycles. The number of rotatable bonds is 6. The second-order valence-corrected chi connectivity index (χ2v) is 5.97. The summed E-state index contributed by atoms with van der Waals surface area (Å²) in [7, 11) is 0. The third-order valence-electron chi connectivity index (χ3n) is 4.10. The Morgan fingerprint density at radius 3 is 2.73 bits per heavy atom. The number of carbonyl (C=O) groups excluding carboxylic acids is 1. The van der Waals surface area contributed by atoms with E-state index in [1.54, 1.807) is 0 Å². The molecule has 118 valence electrons. The van der Waals surface area contributed by atoms with E-state index in [1.807, 2.05) is 24.0 Å². The molecule has 1 aromatic rings. The number of hydrogen-bond donors (Lipinski definition) is 0. The molecule has 0 bridgehead atoms. The number of aryl methyl sites for hydroxylation is 2. The van der Waals surface area contributed by atoms with E-state index >= 15 is 0 Å². The van der Waals surface area contributed by atoms with Crippen LogP contribution in [0.3, 0.4) is 0 Å². The van der Waals surface area contributed by atoms with Crippen molar-refractivity contribution in [1.29, 1.82) is 5.26 Å². The number of ether oxygens (including phenoxy) is 1. The van der Waals surface area contributed by atoms with Gasteiger partial charge in [-0.25, -0.2) is 0 Å². The summed E-state index contributed by atoms with van der Waals surface area (Å²) in [6.45, 7) is 6.22. The Labute approximate surface area is 132 Å². The maximum absolute atomic E-state index is 12.2. The Balaban J connectivity index is 1.77. The topological polar surface area (TPSA) is 53.3 Å². The van der Waals surface area contributed by atoms with Crippen LogP contribution in [0.2, 0.25) is 0 Å². The normalized spacial score (nSPS) is 15.4. The van der Waals surface area contributed by atoms with Crippen LogP contribution in [-0.2, 0) is 4.79 Å². The van der Waals surface area contributed by atoms with Crippen LogP contribution in [0.25, 0.3) is 0 Å². The minimum absolute atomic E-state index is 0.00786. The highest BCUT2D eigenvalue weighted by Gasteiger charge is 2.25. The van der Waals surface area contributed by atoms with Crippen molar-refractivity contribution in [2.24, 2.45) is 5.92 Å². The number of amides is 1. The maximum atomic E-state index is 12.2. The summed E-state index contributed by atoms with van der Waals surface area (Å²) in [6, 6.07) is 8.24. The minimum Gasteiger partial charge on any atom is -0.493 e. The van der Waals surface area contributed by atoms with Crippen LogP contribution in [0.5, 0.6) is 5.75 Å². The smallest absolute Gasteiger partial charge is 0.239 e. The Morgan fingerprint density at radius 2 is 2.09 bits per heavy atom. The predicted molar refractivity (Wildman–Crippen MR) is 85.6 cm³/mol. The second-order valence-electron chi connectivity index (χ2n) is 5.97. The van der Waals surface area contributed by atoms with Crippen LogP contribution >= 0.6 is 0 Å². The van der Waals surface area contributed by atoms with Crippen molar-refractivity contribution in [1.82, 2.24) is 4.90 Å². The molecule has 0 saturated carbocycles. The van der Waals surface area contributed by atoms with E-state index < -0.39 is 5.92 Å². The van der Waals surface area contributed by atoms with E-state index in [2.05, 4.69) is 19.1 Å². The van der Waals surface area contributed by atoms with Gasteiger partial charge in [0.15, 0.2) is 0 Å². The van der Waals surface area contributed by atoms with Crippen LogP contribution in [0, 0.1) is 31.1 Å². The molecule has 1 aromatic carbocycles. The summed E-state index contributed by atoms with van der Waals surface area (Å²) in [5.74, 6) is 0.345. The van der Waals surface area contributed by atoms with Gasteiger partial charge in [0.2, 0.25) is 5.91 Å². The van der Waals surface area contributed by atoms with Gasteiger partial charge in [-0.3, -0.25) is 4.79 Å². The molecule has 2 rings (SSSR count). The fraction of sp³-hybridized carbons (Fsp3) is 0.556. The first-order valence-corrected chi connectivity index (χ1v) is 8.00. The molecule has 0 aromatic heterocycles. The Hall–Kier alpha value is -2.02. The summed E-state index contributed by atoms with van der Waals surface area (Å²) in [5, 5.41) is 9.21. The molecule has 1 saturated heterocycles. The lowest BCUT2D eigenvalue weighted by molar-refractivity contribution is -0.132. The van der Waals surface area contributed by atoms with E-state index in [9.17, 15) is 10.1 Å². The summed E-state index contributed by atoms with van der Waals surface area (Å²) >= 11 is 0. The molecule has 0 radical (unpaired) electrons. The van der Waals surface area contributed by atoms with E-state index in [0.29, 0.717) is 19.4 Å². The Bertz CT molecular complexity index is 557. The van der Waals surface area contributed by atoms with Gasteiger partial charge in [0.1, 0.15) is 11.7 Å². The van der Waals surface area contributed by atoms with Gasteiger partial charge in [-0.15, -0.1) is 0 Å². The van der Waals surface area contributed by atoms with Crippen molar-refractivity contribution >= 4 is 5.91 Å². The average Bonchev–Trinajstić information content (AvgIpc) is 3.03. The lowest BCUT2D eigenvalue weighted by Crippen LogP contribution is -2.33. The van der Waals surface area contributed by atoms with Crippen LogP contribution in [-0.4, -0.2) is 30.5 Å². The molecule has 1 unspecified atom stereocenters. The molecule has 0 N–H and O–H groups in total. The van der Waals surface area contributed by atoms with Crippen molar-refractivity contribution in [2.75, 3.05) is 19.7 Å². The van der Waals surface area contributed by atoms with Gasteiger partial charge in [-0.05, 0) is 51.2 Å². The third kappa shape index (κ3) is 4.24. The molecular formula is C18H24N2O2. The molecule has 1 aliphatic heterocycles. The first-order valence-electron chi connectivity index (χ1n) is 8.00. The van der Waals surface area contributed by atoms with Crippen LogP contribution < -0.4 is 4.74 Å². The number of likely N-dealkylation sites (tertiary alicyclic amines) is 1. The zero-order valence-corrected chi connectivity index (χ0v) is 13.5. The van der Waals surface area contributed by atoms with Gasteiger partial charge in [-0.2, -0.15) is 5.26 Å². The highest BCUT2D eigenvalue weighted by molar-refractivity contribution is 5.81. The van der Waals surface area contributed by atoms with Gasteiger partial charge in [0.25, 0.3) is 0 Å². The maximum Gasteiger partial charge on any atom is 0.239 e. The van der Waals surface area contributed by atoms with Crippen LogP contribution in [0.4, 0.5) is 0 Å². The zero-order valence-electron chi connectivity index (χ0n) is 13.5. The van der Waals surface area contributed by atoms with Crippen molar-refractivity contribution in [3.05, 3.63) is 29.3 Å². The lowest BCUT2D eigenvalue weighted by atomic mass is 10.0. The molecular weight excluding hydrogens is 276 g/mol. The summed E-state index contributed by atoms with van der Waals surface area (Å²) in [4.78, 5) is 14.0. The van der Waals surface area contributed by atoms with E-state index in [1.165, 1.54) is 5.56 Å². The van der Waals surface area contributed by atoms with Crippen molar-refractivity contribution in [2.45, 2.75) is 39.5 Å². The van der Waals surface area contributed by atoms with Gasteiger partial charge < -0.3 is 9.64 Å². The molecule has 0 spiro atoms. The highest BCUT2D eigenvalue weighted by atomic mass is 16.5. The SMILES string of the molecule is Cc1ccc(OCCCC(C#N)C(=O)N2CCCC2)c(C)c1. The fourth-order valence-corrected chi connectivity index (χ4v) is 2.83. The fourth-order valence-electron chi connectivity index (χ4n) is 2.83. The molecule has 1 heterocycles. The van der Waals surface area contributed by atoms with E-state index in [-0.39, 0.29) is 5.91 Å². The number of nitriles is 1. The van der Waals surface area contributed by atoms with Crippen molar-refractivity contribution in [3.63, 3.8) is 0 Å². The molecule has 4 nitrogen and oxygen atoms in total. The summed E-state index contributed by atoms with van der Waals surface area (Å²) in [6.07, 6.45) is 3.39.